The van der Waals surface area contributed by atoms with Gasteiger partial charge in [-0.25, -0.2) is 0 Å². The fraction of sp³-hybridized carbons (Fsp3) is 0.857. The van der Waals surface area contributed by atoms with Gasteiger partial charge in [0.2, 0.25) is 0 Å². The van der Waals surface area contributed by atoms with Crippen molar-refractivity contribution in [2.75, 3.05) is 0 Å². The highest BCUT2D eigenvalue weighted by atomic mass is 16.6. The Morgan fingerprint density at radius 2 is 1.78 bits per heavy atom. The van der Waals surface area contributed by atoms with Gasteiger partial charge in [-0.2, -0.15) is 0 Å². The number of rotatable bonds is 5. The van der Waals surface area contributed by atoms with E-state index in [0.717, 1.165) is 25.7 Å². The van der Waals surface area contributed by atoms with Crippen LogP contribution >= 0.6 is 0 Å². The monoisotopic (exact) mass is 256 g/mol. The zero-order valence-corrected chi connectivity index (χ0v) is 11.6. The Morgan fingerprint density at radius 3 is 2.22 bits per heavy atom. The van der Waals surface area contributed by atoms with E-state index in [0.29, 0.717) is 12.8 Å². The molecule has 1 N–H and O–H groups in total. The number of aliphatic carboxylic acids is 1. The molecule has 0 radical (unpaired) electrons. The second-order valence-electron chi connectivity index (χ2n) is 6.24. The smallest absolute Gasteiger partial charge is 0.312 e. The summed E-state index contributed by atoms with van der Waals surface area (Å²) in [7, 11) is 0. The molecule has 1 fully saturated rings. The van der Waals surface area contributed by atoms with Crippen molar-refractivity contribution in [1.82, 2.24) is 0 Å². The Kier molecular flexibility index (Phi) is 4.77. The van der Waals surface area contributed by atoms with Gasteiger partial charge in [0.15, 0.2) is 0 Å². The SMILES string of the molecule is CC(C)(C)OC(=O)C1(CCCC(=O)O)CCCC1. The average Bonchev–Trinajstić information content (AvgIpc) is 2.64. The van der Waals surface area contributed by atoms with E-state index in [1.54, 1.807) is 0 Å². The molecule has 0 saturated heterocycles. The number of carbonyl (C=O) groups is 2. The molecule has 0 aromatic carbocycles. The molecule has 0 spiro atoms. The molecule has 1 aliphatic rings. The van der Waals surface area contributed by atoms with Crippen LogP contribution in [0.4, 0.5) is 0 Å². The van der Waals surface area contributed by atoms with Gasteiger partial charge in [-0.1, -0.05) is 12.8 Å². The number of carbonyl (C=O) groups excluding carboxylic acids is 1. The van der Waals surface area contributed by atoms with Crippen LogP contribution in [0, 0.1) is 5.41 Å². The van der Waals surface area contributed by atoms with Gasteiger partial charge < -0.3 is 9.84 Å². The summed E-state index contributed by atoms with van der Waals surface area (Å²) in [5.41, 5.74) is -0.901. The van der Waals surface area contributed by atoms with Crippen molar-refractivity contribution in [3.05, 3.63) is 0 Å². The molecule has 1 aliphatic carbocycles. The average molecular weight is 256 g/mol. The molecule has 0 aromatic heterocycles. The number of ether oxygens (including phenoxy) is 1. The van der Waals surface area contributed by atoms with E-state index in [4.69, 9.17) is 9.84 Å². The topological polar surface area (TPSA) is 63.6 Å². The Bertz CT molecular complexity index is 308. The molecule has 0 bridgehead atoms. The van der Waals surface area contributed by atoms with Crippen LogP contribution < -0.4 is 0 Å². The van der Waals surface area contributed by atoms with Gasteiger partial charge in [0.25, 0.3) is 0 Å². The normalized spacial score (nSPS) is 18.6. The Balaban J connectivity index is 2.62. The first-order valence-electron chi connectivity index (χ1n) is 6.70. The van der Waals surface area contributed by atoms with Crippen LogP contribution in [-0.4, -0.2) is 22.6 Å². The highest BCUT2D eigenvalue weighted by Gasteiger charge is 2.43. The lowest BCUT2D eigenvalue weighted by Crippen LogP contribution is -2.36. The minimum absolute atomic E-state index is 0.130. The summed E-state index contributed by atoms with van der Waals surface area (Å²) in [6.07, 6.45) is 5.05. The number of hydrogen-bond acceptors (Lipinski definition) is 3. The highest BCUT2D eigenvalue weighted by molar-refractivity contribution is 5.77. The minimum atomic E-state index is -0.799. The summed E-state index contributed by atoms with van der Waals surface area (Å²) < 4.78 is 5.50. The Morgan fingerprint density at radius 1 is 1.22 bits per heavy atom. The van der Waals surface area contributed by atoms with Crippen molar-refractivity contribution in [1.29, 1.82) is 0 Å². The molecule has 0 unspecified atom stereocenters. The van der Waals surface area contributed by atoms with Gasteiger partial charge >= 0.3 is 11.9 Å². The standard InChI is InChI=1S/C14H24O4/c1-13(2,3)18-12(17)14(8-4-5-9-14)10-6-7-11(15)16/h4-10H2,1-3H3,(H,15,16). The van der Waals surface area contributed by atoms with Gasteiger partial charge in [-0.15, -0.1) is 0 Å². The Labute approximate surface area is 109 Å². The van der Waals surface area contributed by atoms with Crippen molar-refractivity contribution in [3.8, 4) is 0 Å². The maximum atomic E-state index is 12.3. The fourth-order valence-electron chi connectivity index (χ4n) is 2.57. The van der Waals surface area contributed by atoms with Gasteiger partial charge in [0.1, 0.15) is 5.60 Å². The molecule has 0 aromatic rings. The summed E-state index contributed by atoms with van der Waals surface area (Å²) >= 11 is 0. The summed E-state index contributed by atoms with van der Waals surface area (Å²) in [6, 6.07) is 0. The van der Waals surface area contributed by atoms with E-state index in [2.05, 4.69) is 0 Å². The fourth-order valence-corrected chi connectivity index (χ4v) is 2.57. The van der Waals surface area contributed by atoms with Crippen LogP contribution in [-0.2, 0) is 14.3 Å². The maximum Gasteiger partial charge on any atom is 0.312 e. The largest absolute Gasteiger partial charge is 0.481 e. The molecule has 0 aliphatic heterocycles. The van der Waals surface area contributed by atoms with Gasteiger partial charge in [0.05, 0.1) is 5.41 Å². The summed E-state index contributed by atoms with van der Waals surface area (Å²) in [5, 5.41) is 8.68. The molecule has 1 rings (SSSR count). The van der Waals surface area contributed by atoms with E-state index >= 15 is 0 Å². The predicted molar refractivity (Wildman–Crippen MR) is 68.2 cm³/mol. The van der Waals surface area contributed by atoms with E-state index in [1.807, 2.05) is 20.8 Å². The van der Waals surface area contributed by atoms with Gasteiger partial charge in [-0.3, -0.25) is 9.59 Å². The van der Waals surface area contributed by atoms with E-state index in [1.165, 1.54) is 0 Å². The van der Waals surface area contributed by atoms with E-state index in [-0.39, 0.29) is 12.4 Å². The molecule has 4 nitrogen and oxygen atoms in total. The molecule has 0 heterocycles. The predicted octanol–water partition coefficient (Wildman–Crippen LogP) is 3.14. The third-order valence-corrected chi connectivity index (χ3v) is 3.44. The molecule has 0 amide bonds. The number of hydrogen-bond donors (Lipinski definition) is 1. The lowest BCUT2D eigenvalue weighted by atomic mass is 9.81. The first-order chi connectivity index (χ1) is 8.25. The first kappa shape index (κ1) is 15.0. The van der Waals surface area contributed by atoms with Gasteiger partial charge in [0, 0.05) is 6.42 Å². The second-order valence-corrected chi connectivity index (χ2v) is 6.24. The second kappa shape index (κ2) is 5.72. The zero-order valence-electron chi connectivity index (χ0n) is 11.6. The van der Waals surface area contributed by atoms with Crippen LogP contribution in [0.25, 0.3) is 0 Å². The third-order valence-electron chi connectivity index (χ3n) is 3.44. The summed E-state index contributed by atoms with van der Waals surface area (Å²) in [5.74, 6) is -0.940. The number of carboxylic acids is 1. The molecular weight excluding hydrogens is 232 g/mol. The van der Waals surface area contributed by atoms with E-state index in [9.17, 15) is 9.59 Å². The van der Waals surface area contributed by atoms with Crippen molar-refractivity contribution in [2.45, 2.75) is 71.3 Å². The lowest BCUT2D eigenvalue weighted by Gasteiger charge is -2.31. The molecule has 4 heteroatoms. The third kappa shape index (κ3) is 4.31. The maximum absolute atomic E-state index is 12.3. The van der Waals surface area contributed by atoms with Crippen LogP contribution in [0.2, 0.25) is 0 Å². The van der Waals surface area contributed by atoms with Crippen LogP contribution in [0.15, 0.2) is 0 Å². The summed E-state index contributed by atoms with van der Waals surface area (Å²) in [6.45, 7) is 5.60. The lowest BCUT2D eigenvalue weighted by molar-refractivity contribution is -0.168. The molecule has 18 heavy (non-hydrogen) atoms. The van der Waals surface area contributed by atoms with Crippen molar-refractivity contribution in [2.24, 2.45) is 5.41 Å². The summed E-state index contributed by atoms with van der Waals surface area (Å²) in [4.78, 5) is 22.8. The van der Waals surface area contributed by atoms with Crippen LogP contribution in [0.1, 0.15) is 65.7 Å². The van der Waals surface area contributed by atoms with E-state index < -0.39 is 17.0 Å². The minimum Gasteiger partial charge on any atom is -0.481 e. The van der Waals surface area contributed by atoms with Crippen molar-refractivity contribution >= 4 is 11.9 Å². The molecule has 104 valence electrons. The Hall–Kier alpha value is -1.06. The first-order valence-corrected chi connectivity index (χ1v) is 6.70. The molecule has 0 atom stereocenters. The van der Waals surface area contributed by atoms with Gasteiger partial charge in [-0.05, 0) is 46.5 Å². The highest BCUT2D eigenvalue weighted by Crippen LogP contribution is 2.44. The zero-order chi connectivity index (χ0) is 13.8. The number of esters is 1. The quantitative estimate of drug-likeness (QED) is 0.767. The number of carboxylic acid groups (broad SMARTS) is 1. The molecule has 1 saturated carbocycles. The van der Waals surface area contributed by atoms with Crippen LogP contribution in [0.3, 0.4) is 0 Å². The van der Waals surface area contributed by atoms with Crippen molar-refractivity contribution in [3.63, 3.8) is 0 Å². The van der Waals surface area contributed by atoms with Crippen molar-refractivity contribution < 1.29 is 19.4 Å². The molecular formula is C14H24O4. The van der Waals surface area contributed by atoms with Crippen LogP contribution in [0.5, 0.6) is 0 Å².